The lowest BCUT2D eigenvalue weighted by Crippen LogP contribution is -2.60. The molecule has 2 atom stereocenters. The molecule has 2 aliphatic rings. The number of hydrogen-bond acceptors (Lipinski definition) is 6. The molecule has 270 valence electrons. The van der Waals surface area contributed by atoms with Crippen molar-refractivity contribution in [1.29, 1.82) is 0 Å². The number of ether oxygens (including phenoxy) is 1. The molecule has 1 aromatic heterocycles. The molecule has 3 aromatic carbocycles. The highest BCUT2D eigenvalue weighted by Crippen LogP contribution is 2.51. The minimum atomic E-state index is -3.75. The summed E-state index contributed by atoms with van der Waals surface area (Å²) < 4.78 is 35.0. The maximum absolute atomic E-state index is 14.4. The highest BCUT2D eigenvalue weighted by Gasteiger charge is 2.47. The number of hydrogen-bond donors (Lipinski definition) is 4. The Labute approximate surface area is 299 Å². The first kappa shape index (κ1) is 36.1. The van der Waals surface area contributed by atoms with Gasteiger partial charge in [-0.25, -0.2) is 17.9 Å². The number of para-hydroxylation sites is 1. The van der Waals surface area contributed by atoms with Crippen molar-refractivity contribution in [3.63, 3.8) is 0 Å². The van der Waals surface area contributed by atoms with Crippen molar-refractivity contribution in [2.24, 2.45) is 0 Å². The number of sulfonamides is 1. The molecule has 12 heteroatoms. The van der Waals surface area contributed by atoms with Crippen LogP contribution in [0.15, 0.2) is 90.0 Å². The van der Waals surface area contributed by atoms with Crippen LogP contribution in [0, 0.1) is 0 Å². The van der Waals surface area contributed by atoms with Gasteiger partial charge in [0.15, 0.2) is 0 Å². The summed E-state index contributed by atoms with van der Waals surface area (Å²) in [4.78, 5) is 46.0. The van der Waals surface area contributed by atoms with Crippen LogP contribution in [0.1, 0.15) is 76.6 Å². The minimum absolute atomic E-state index is 0.218. The number of likely N-dealkylation sites (tertiary alicyclic amines) is 1. The second-order valence-corrected chi connectivity index (χ2v) is 16.9. The number of nitrogens with one attached hydrogen (secondary N) is 4. The highest BCUT2D eigenvalue weighted by atomic mass is 32.2. The first-order valence-electron chi connectivity index (χ1n) is 17.4. The van der Waals surface area contributed by atoms with Crippen LogP contribution in [0.4, 0.5) is 4.79 Å². The van der Waals surface area contributed by atoms with E-state index in [2.05, 4.69) is 26.4 Å². The summed E-state index contributed by atoms with van der Waals surface area (Å²) in [5.74, 6) is -0.734. The van der Waals surface area contributed by atoms with Crippen LogP contribution in [0.5, 0.6) is 0 Å². The molecule has 1 spiro atoms. The molecule has 1 saturated heterocycles. The lowest BCUT2D eigenvalue weighted by Gasteiger charge is -2.41. The molecule has 1 unspecified atom stereocenters. The molecular weight excluding hydrogens is 667 g/mol. The molecule has 4 N–H and O–H groups in total. The molecule has 3 amide bonds. The number of nitrogens with zero attached hydrogens (tertiary/aromatic N) is 1. The number of aromatic amines is 1. The van der Waals surface area contributed by atoms with Gasteiger partial charge in [-0.2, -0.15) is 0 Å². The zero-order valence-electron chi connectivity index (χ0n) is 29.8. The standard InChI is InChI=1S/C39H47N5O6S/c1-37(2,3)50-36(47)42-38(4,5)35(46)41-32(23-26-25-40-31-18-12-10-15-28(26)31)34(45)44-21-19-39(20-22-44)24-33(29-16-9-11-17-30(29)39)43-51(48,49)27-13-7-6-8-14-27/h6-18,25,32-33,40,43H,19-24H2,1-5H3,(H,41,46)(H,42,47)/t32-,33?/m1/s1. The predicted molar refractivity (Wildman–Crippen MR) is 195 cm³/mol. The van der Waals surface area contributed by atoms with Crippen molar-refractivity contribution in [3.05, 3.63) is 102 Å². The molecule has 0 saturated carbocycles. The van der Waals surface area contributed by atoms with Gasteiger partial charge in [0.05, 0.1) is 4.90 Å². The Morgan fingerprint density at radius 3 is 2.27 bits per heavy atom. The quantitative estimate of drug-likeness (QED) is 0.181. The fraction of sp³-hybridized carbons (Fsp3) is 0.410. The van der Waals surface area contributed by atoms with Crippen molar-refractivity contribution in [2.45, 2.75) is 93.8 Å². The normalized spacial score (nSPS) is 17.9. The van der Waals surface area contributed by atoms with E-state index in [0.29, 0.717) is 32.4 Å². The van der Waals surface area contributed by atoms with E-state index < -0.39 is 45.2 Å². The molecule has 1 aliphatic carbocycles. The van der Waals surface area contributed by atoms with E-state index in [-0.39, 0.29) is 22.6 Å². The summed E-state index contributed by atoms with van der Waals surface area (Å²) in [6, 6.07) is 22.8. The third kappa shape index (κ3) is 7.82. The molecule has 1 aliphatic heterocycles. The summed E-state index contributed by atoms with van der Waals surface area (Å²) in [5.41, 5.74) is 1.44. The van der Waals surface area contributed by atoms with Crippen LogP contribution in [-0.2, 0) is 36.2 Å². The van der Waals surface area contributed by atoms with Gasteiger partial charge in [0.25, 0.3) is 0 Å². The number of alkyl carbamates (subject to hydrolysis) is 1. The first-order valence-corrected chi connectivity index (χ1v) is 18.9. The molecule has 11 nitrogen and oxygen atoms in total. The number of amides is 3. The molecular formula is C39H47N5O6S. The van der Waals surface area contributed by atoms with E-state index in [1.165, 1.54) is 0 Å². The summed E-state index contributed by atoms with van der Waals surface area (Å²) in [5, 5.41) is 6.56. The third-order valence-corrected chi connectivity index (χ3v) is 11.5. The van der Waals surface area contributed by atoms with Crippen molar-refractivity contribution >= 4 is 38.8 Å². The van der Waals surface area contributed by atoms with E-state index in [0.717, 1.165) is 27.6 Å². The number of H-pyrrole nitrogens is 1. The topological polar surface area (TPSA) is 150 Å². The van der Waals surface area contributed by atoms with Gasteiger partial charge < -0.3 is 25.3 Å². The number of carbonyl (C=O) groups is 3. The predicted octanol–water partition coefficient (Wildman–Crippen LogP) is 5.48. The van der Waals surface area contributed by atoms with Gasteiger partial charge >= 0.3 is 6.09 Å². The Morgan fingerprint density at radius 1 is 0.922 bits per heavy atom. The average Bonchev–Trinajstić information content (AvgIpc) is 3.62. The van der Waals surface area contributed by atoms with Crippen LogP contribution in [0.2, 0.25) is 0 Å². The fourth-order valence-corrected chi connectivity index (χ4v) is 8.61. The molecule has 2 heterocycles. The van der Waals surface area contributed by atoms with E-state index in [9.17, 15) is 22.8 Å². The van der Waals surface area contributed by atoms with Crippen LogP contribution >= 0.6 is 0 Å². The number of piperidine rings is 1. The van der Waals surface area contributed by atoms with Gasteiger partial charge in [-0.1, -0.05) is 60.7 Å². The molecule has 1 fully saturated rings. The number of aromatic nitrogens is 1. The van der Waals surface area contributed by atoms with Crippen LogP contribution in [0.25, 0.3) is 10.9 Å². The second-order valence-electron chi connectivity index (χ2n) is 15.2. The smallest absolute Gasteiger partial charge is 0.408 e. The monoisotopic (exact) mass is 713 g/mol. The molecule has 4 aromatic rings. The average molecular weight is 714 g/mol. The largest absolute Gasteiger partial charge is 0.444 e. The van der Waals surface area contributed by atoms with Crippen molar-refractivity contribution < 1.29 is 27.5 Å². The zero-order chi connectivity index (χ0) is 36.6. The van der Waals surface area contributed by atoms with Crippen LogP contribution < -0.4 is 15.4 Å². The number of carbonyl (C=O) groups excluding carboxylic acids is 3. The molecule has 0 bridgehead atoms. The van der Waals surface area contributed by atoms with E-state index >= 15 is 0 Å². The number of fused-ring (bicyclic) bond motifs is 3. The lowest BCUT2D eigenvalue weighted by atomic mass is 9.73. The van der Waals surface area contributed by atoms with Crippen LogP contribution in [-0.4, -0.2) is 66.5 Å². The number of benzene rings is 3. The summed E-state index contributed by atoms with van der Waals surface area (Å²) in [6.07, 6.45) is 3.23. The lowest BCUT2D eigenvalue weighted by molar-refractivity contribution is -0.139. The zero-order valence-corrected chi connectivity index (χ0v) is 30.6. The van der Waals surface area contributed by atoms with Gasteiger partial charge in [0.1, 0.15) is 17.2 Å². The van der Waals surface area contributed by atoms with Crippen molar-refractivity contribution in [3.8, 4) is 0 Å². The SMILES string of the molecule is CC(C)(C)OC(=O)NC(C)(C)C(=O)N[C@H](Cc1c[nH]c2ccccc12)C(=O)N1CCC2(CC1)CC(NS(=O)(=O)c1ccccc1)c1ccccc12. The maximum atomic E-state index is 14.4. The van der Waals surface area contributed by atoms with Crippen molar-refractivity contribution in [2.75, 3.05) is 13.1 Å². The Morgan fingerprint density at radius 2 is 1.57 bits per heavy atom. The van der Waals surface area contributed by atoms with Gasteiger partial charge in [0.2, 0.25) is 21.8 Å². The Hall–Kier alpha value is -4.68. The third-order valence-electron chi connectivity index (χ3n) is 9.97. The Kier molecular flexibility index (Phi) is 9.77. The molecule has 6 rings (SSSR count). The summed E-state index contributed by atoms with van der Waals surface area (Å²) >= 11 is 0. The van der Waals surface area contributed by atoms with Gasteiger partial charge in [-0.15, -0.1) is 0 Å². The van der Waals surface area contributed by atoms with Crippen LogP contribution in [0.3, 0.4) is 0 Å². The highest BCUT2D eigenvalue weighted by molar-refractivity contribution is 7.89. The second kappa shape index (κ2) is 13.8. The van der Waals surface area contributed by atoms with E-state index in [4.69, 9.17) is 4.74 Å². The Balaban J connectivity index is 1.20. The van der Waals surface area contributed by atoms with E-state index in [1.54, 1.807) is 69.9 Å². The van der Waals surface area contributed by atoms with Gasteiger partial charge in [0, 0.05) is 48.1 Å². The maximum Gasteiger partial charge on any atom is 0.408 e. The Bertz CT molecular complexity index is 2030. The van der Waals surface area contributed by atoms with Crippen molar-refractivity contribution in [1.82, 2.24) is 25.2 Å². The van der Waals surface area contributed by atoms with Gasteiger partial charge in [-0.05, 0) is 88.8 Å². The minimum Gasteiger partial charge on any atom is -0.444 e. The molecule has 51 heavy (non-hydrogen) atoms. The first-order chi connectivity index (χ1) is 24.1. The van der Waals surface area contributed by atoms with Gasteiger partial charge in [-0.3, -0.25) is 9.59 Å². The fourth-order valence-electron chi connectivity index (χ4n) is 7.38. The number of rotatable bonds is 9. The van der Waals surface area contributed by atoms with E-state index in [1.807, 2.05) is 48.7 Å². The summed E-state index contributed by atoms with van der Waals surface area (Å²) in [7, 11) is -3.75. The molecule has 0 radical (unpaired) electrons. The summed E-state index contributed by atoms with van der Waals surface area (Å²) in [6.45, 7) is 9.24.